The van der Waals surface area contributed by atoms with E-state index in [4.69, 9.17) is 9.88 Å². The quantitative estimate of drug-likeness (QED) is 0.636. The van der Waals surface area contributed by atoms with Gasteiger partial charge >= 0.3 is 0 Å². The molecule has 0 aromatic rings. The molecule has 0 heterocycles. The van der Waals surface area contributed by atoms with Crippen molar-refractivity contribution in [2.75, 3.05) is 12.4 Å². The second-order valence-corrected chi connectivity index (χ2v) is 7.33. The van der Waals surface area contributed by atoms with Gasteiger partial charge in [0.25, 0.3) is 0 Å². The van der Waals surface area contributed by atoms with E-state index >= 15 is 0 Å². The van der Waals surface area contributed by atoms with Gasteiger partial charge in [0.1, 0.15) is 0 Å². The van der Waals surface area contributed by atoms with Crippen LogP contribution in [0.2, 0.25) is 0 Å². The van der Waals surface area contributed by atoms with Gasteiger partial charge in [-0.25, -0.2) is 13.6 Å². The van der Waals surface area contributed by atoms with Gasteiger partial charge in [-0.3, -0.25) is 0 Å². The van der Waals surface area contributed by atoms with Crippen molar-refractivity contribution in [2.45, 2.75) is 72.3 Å². The zero-order valence-electron chi connectivity index (χ0n) is 12.9. The Balaban J connectivity index is 4.79. The molecule has 0 amide bonds. The van der Waals surface area contributed by atoms with Crippen LogP contribution in [0, 0.1) is 5.41 Å². The Hall–Kier alpha value is -0.130. The zero-order chi connectivity index (χ0) is 14.9. The van der Waals surface area contributed by atoms with E-state index in [-0.39, 0.29) is 17.3 Å². The Morgan fingerprint density at radius 1 is 1.11 bits per heavy atom. The summed E-state index contributed by atoms with van der Waals surface area (Å²) in [6, 6.07) is 0. The van der Waals surface area contributed by atoms with E-state index in [9.17, 15) is 8.42 Å². The third-order valence-corrected chi connectivity index (χ3v) is 4.45. The lowest BCUT2D eigenvalue weighted by atomic mass is 9.82. The minimum Gasteiger partial charge on any atom is -0.378 e. The lowest BCUT2D eigenvalue weighted by molar-refractivity contribution is -0.00450. The molecule has 0 bridgehead atoms. The summed E-state index contributed by atoms with van der Waals surface area (Å²) in [4.78, 5) is 0. The van der Waals surface area contributed by atoms with Crippen molar-refractivity contribution in [1.82, 2.24) is 0 Å². The van der Waals surface area contributed by atoms with E-state index < -0.39 is 10.0 Å². The number of primary sulfonamides is 1. The fourth-order valence-electron chi connectivity index (χ4n) is 2.75. The maximum absolute atomic E-state index is 11.5. The standard InChI is InChI=1S/C14H31NO3S/c1-5-8-13(4)18-11-14(9-6-2,10-7-3)12-19(15,16)17/h13H,5-12H2,1-4H3,(H2,15,16,17). The van der Waals surface area contributed by atoms with Gasteiger partial charge in [0.15, 0.2) is 0 Å². The number of hydrogen-bond donors (Lipinski definition) is 1. The van der Waals surface area contributed by atoms with Crippen LogP contribution in [0.3, 0.4) is 0 Å². The van der Waals surface area contributed by atoms with Gasteiger partial charge in [0.05, 0.1) is 18.5 Å². The maximum atomic E-state index is 11.5. The zero-order valence-corrected chi connectivity index (χ0v) is 13.8. The highest BCUT2D eigenvalue weighted by Gasteiger charge is 2.33. The molecular weight excluding hydrogens is 262 g/mol. The van der Waals surface area contributed by atoms with Gasteiger partial charge < -0.3 is 4.74 Å². The third-order valence-electron chi connectivity index (χ3n) is 3.44. The Morgan fingerprint density at radius 2 is 1.63 bits per heavy atom. The van der Waals surface area contributed by atoms with Crippen LogP contribution in [0.4, 0.5) is 0 Å². The van der Waals surface area contributed by atoms with Crippen LogP contribution in [0.1, 0.15) is 66.2 Å². The van der Waals surface area contributed by atoms with Crippen LogP contribution in [-0.2, 0) is 14.8 Å². The van der Waals surface area contributed by atoms with Crippen molar-refractivity contribution >= 4 is 10.0 Å². The van der Waals surface area contributed by atoms with Crippen molar-refractivity contribution in [1.29, 1.82) is 0 Å². The first kappa shape index (κ1) is 18.9. The second kappa shape index (κ2) is 8.93. The minimum atomic E-state index is -3.47. The number of sulfonamides is 1. The predicted octanol–water partition coefficient (Wildman–Crippen LogP) is 3.07. The summed E-state index contributed by atoms with van der Waals surface area (Å²) < 4.78 is 28.9. The van der Waals surface area contributed by atoms with Gasteiger partial charge in [0.2, 0.25) is 10.0 Å². The normalized spacial score (nSPS) is 14.6. The van der Waals surface area contributed by atoms with Crippen molar-refractivity contribution in [3.63, 3.8) is 0 Å². The highest BCUT2D eigenvalue weighted by atomic mass is 32.2. The van der Waals surface area contributed by atoms with Gasteiger partial charge in [-0.05, 0) is 26.2 Å². The van der Waals surface area contributed by atoms with E-state index in [0.717, 1.165) is 38.5 Å². The molecule has 0 saturated carbocycles. The SMILES string of the molecule is CCCC(C)OCC(CCC)(CCC)CS(N)(=O)=O. The van der Waals surface area contributed by atoms with Crippen LogP contribution in [0.25, 0.3) is 0 Å². The van der Waals surface area contributed by atoms with Gasteiger partial charge in [0, 0.05) is 5.41 Å². The molecule has 5 heteroatoms. The molecule has 0 spiro atoms. The molecule has 2 N–H and O–H groups in total. The van der Waals surface area contributed by atoms with Crippen LogP contribution in [0.15, 0.2) is 0 Å². The predicted molar refractivity (Wildman–Crippen MR) is 80.5 cm³/mol. The number of hydrogen-bond acceptors (Lipinski definition) is 3. The fourth-order valence-corrected chi connectivity index (χ4v) is 3.98. The largest absolute Gasteiger partial charge is 0.378 e. The summed E-state index contributed by atoms with van der Waals surface area (Å²) in [5, 5.41) is 5.26. The summed E-state index contributed by atoms with van der Waals surface area (Å²) in [7, 11) is -3.47. The smallest absolute Gasteiger partial charge is 0.209 e. The molecule has 4 nitrogen and oxygen atoms in total. The molecule has 116 valence electrons. The Labute approximate surface area is 119 Å². The average Bonchev–Trinajstić information content (AvgIpc) is 2.25. The lowest BCUT2D eigenvalue weighted by Gasteiger charge is -2.33. The first-order valence-corrected chi connectivity index (χ1v) is 9.12. The molecule has 0 aliphatic carbocycles. The molecule has 0 saturated heterocycles. The van der Waals surface area contributed by atoms with E-state index in [2.05, 4.69) is 20.8 Å². The lowest BCUT2D eigenvalue weighted by Crippen LogP contribution is -2.38. The Morgan fingerprint density at radius 3 is 2.00 bits per heavy atom. The average molecular weight is 293 g/mol. The van der Waals surface area contributed by atoms with E-state index in [0.29, 0.717) is 6.61 Å². The molecule has 1 atom stereocenters. The van der Waals surface area contributed by atoms with Crippen LogP contribution < -0.4 is 5.14 Å². The molecule has 0 aromatic heterocycles. The van der Waals surface area contributed by atoms with E-state index in [1.807, 2.05) is 6.92 Å². The fraction of sp³-hybridized carbons (Fsp3) is 1.00. The molecule has 0 aromatic carbocycles. The molecule has 19 heavy (non-hydrogen) atoms. The topological polar surface area (TPSA) is 69.4 Å². The number of rotatable bonds is 11. The summed E-state index contributed by atoms with van der Waals surface area (Å²) in [6.45, 7) is 8.80. The summed E-state index contributed by atoms with van der Waals surface area (Å²) in [6.07, 6.45) is 5.83. The molecule has 0 aliphatic heterocycles. The summed E-state index contributed by atoms with van der Waals surface area (Å²) >= 11 is 0. The highest BCUT2D eigenvalue weighted by Crippen LogP contribution is 2.32. The molecule has 1 unspecified atom stereocenters. The number of ether oxygens (including phenoxy) is 1. The van der Waals surface area contributed by atoms with Crippen LogP contribution in [0.5, 0.6) is 0 Å². The third kappa shape index (κ3) is 8.60. The number of nitrogens with two attached hydrogens (primary N) is 1. The van der Waals surface area contributed by atoms with E-state index in [1.165, 1.54) is 0 Å². The van der Waals surface area contributed by atoms with Crippen LogP contribution in [-0.4, -0.2) is 26.9 Å². The van der Waals surface area contributed by atoms with Gasteiger partial charge in [-0.2, -0.15) is 0 Å². The monoisotopic (exact) mass is 293 g/mol. The second-order valence-electron chi connectivity index (χ2n) is 5.72. The van der Waals surface area contributed by atoms with Crippen molar-refractivity contribution in [2.24, 2.45) is 10.6 Å². The van der Waals surface area contributed by atoms with E-state index in [1.54, 1.807) is 0 Å². The van der Waals surface area contributed by atoms with Gasteiger partial charge in [-0.15, -0.1) is 0 Å². The summed E-state index contributed by atoms with van der Waals surface area (Å²) in [5.41, 5.74) is -0.320. The summed E-state index contributed by atoms with van der Waals surface area (Å²) in [5.74, 6) is 0.0283. The Bertz CT molecular complexity index is 322. The van der Waals surface area contributed by atoms with Crippen molar-refractivity contribution < 1.29 is 13.2 Å². The minimum absolute atomic E-state index is 0.0283. The first-order chi connectivity index (χ1) is 8.78. The molecular formula is C14H31NO3S. The molecule has 0 radical (unpaired) electrons. The molecule has 0 aliphatic rings. The molecule has 0 rings (SSSR count). The van der Waals surface area contributed by atoms with Crippen molar-refractivity contribution in [3.05, 3.63) is 0 Å². The van der Waals surface area contributed by atoms with Crippen molar-refractivity contribution in [3.8, 4) is 0 Å². The van der Waals surface area contributed by atoms with Gasteiger partial charge in [-0.1, -0.05) is 40.0 Å². The van der Waals surface area contributed by atoms with Crippen LogP contribution >= 0.6 is 0 Å². The Kier molecular flexibility index (Phi) is 8.86. The first-order valence-electron chi connectivity index (χ1n) is 7.40. The molecule has 0 fully saturated rings. The maximum Gasteiger partial charge on any atom is 0.209 e. The highest BCUT2D eigenvalue weighted by molar-refractivity contribution is 7.89.